The normalized spacial score (nSPS) is 12.0. The molecule has 1 heterocycles. The third-order valence-electron chi connectivity index (χ3n) is 6.78. The van der Waals surface area contributed by atoms with Crippen molar-refractivity contribution in [1.29, 1.82) is 0 Å². The molecule has 0 aliphatic rings. The van der Waals surface area contributed by atoms with Gasteiger partial charge in [-0.2, -0.15) is 0 Å². The predicted octanol–water partition coefficient (Wildman–Crippen LogP) is 5.41. The first-order valence-corrected chi connectivity index (χ1v) is 13.0. The minimum atomic E-state index is -0.974. The number of hydrogen-bond donors (Lipinski definition) is 2. The summed E-state index contributed by atoms with van der Waals surface area (Å²) in [6.07, 6.45) is 0.490. The van der Waals surface area contributed by atoms with Crippen molar-refractivity contribution in [2.45, 2.75) is 72.4 Å². The van der Waals surface area contributed by atoms with Crippen LogP contribution in [0.2, 0.25) is 0 Å². The van der Waals surface area contributed by atoms with Crippen LogP contribution >= 0.6 is 0 Å². The maximum absolute atomic E-state index is 13.9. The molecule has 1 aromatic heterocycles. The summed E-state index contributed by atoms with van der Waals surface area (Å²) in [5.74, 6) is 0.417. The molecule has 0 saturated carbocycles. The van der Waals surface area contributed by atoms with Crippen molar-refractivity contribution in [3.63, 3.8) is 0 Å². The van der Waals surface area contributed by atoms with Crippen LogP contribution in [-0.2, 0) is 14.4 Å². The molecule has 2 N–H and O–H groups in total. The predicted molar refractivity (Wildman–Crippen MR) is 151 cm³/mol. The summed E-state index contributed by atoms with van der Waals surface area (Å²) in [6, 6.07) is 13.3. The number of carbonyl (C=O) groups is 3. The molecule has 0 saturated heterocycles. The number of aryl methyl sites for hydroxylation is 3. The molecular weight excluding hydrogens is 496 g/mol. The fourth-order valence-electron chi connectivity index (χ4n) is 3.98. The number of ether oxygens (including phenoxy) is 1. The molecule has 0 unspecified atom stereocenters. The second-order valence-corrected chi connectivity index (χ2v) is 10.3. The van der Waals surface area contributed by atoms with E-state index in [1.54, 1.807) is 44.4 Å². The number of amides is 3. The van der Waals surface area contributed by atoms with Crippen LogP contribution in [0, 0.1) is 20.8 Å². The quantitative estimate of drug-likeness (QED) is 0.340. The first kappa shape index (κ1) is 29.4. The Morgan fingerprint density at radius 1 is 1.00 bits per heavy atom. The van der Waals surface area contributed by atoms with Crippen LogP contribution in [0.3, 0.4) is 0 Å². The topological polar surface area (TPSA) is 114 Å². The van der Waals surface area contributed by atoms with Crippen LogP contribution < -0.4 is 20.3 Å². The first-order chi connectivity index (χ1) is 18.4. The van der Waals surface area contributed by atoms with Gasteiger partial charge in [0.2, 0.25) is 17.7 Å². The van der Waals surface area contributed by atoms with Crippen LogP contribution in [0.5, 0.6) is 5.75 Å². The lowest BCUT2D eigenvalue weighted by Crippen LogP contribution is -2.50. The SMILES string of the molecule is CCC(C)(C)NC(=O)[C@H](c1ccc(OC)cc1)N(C(=O)CCC(=O)Nc1cc(C)on1)c1ccc(C)c(C)c1. The molecule has 0 bridgehead atoms. The molecule has 208 valence electrons. The van der Waals surface area contributed by atoms with Gasteiger partial charge in [-0.3, -0.25) is 19.3 Å². The van der Waals surface area contributed by atoms with E-state index in [4.69, 9.17) is 9.26 Å². The summed E-state index contributed by atoms with van der Waals surface area (Å²) in [5.41, 5.74) is 2.74. The zero-order valence-electron chi connectivity index (χ0n) is 23.8. The van der Waals surface area contributed by atoms with Gasteiger partial charge < -0.3 is 19.9 Å². The number of nitrogens with zero attached hydrogens (tertiary/aromatic N) is 2. The van der Waals surface area contributed by atoms with E-state index in [0.717, 1.165) is 11.1 Å². The number of hydrogen-bond acceptors (Lipinski definition) is 6. The Kier molecular flexibility index (Phi) is 9.51. The Labute approximate surface area is 229 Å². The van der Waals surface area contributed by atoms with E-state index in [0.29, 0.717) is 29.2 Å². The summed E-state index contributed by atoms with van der Waals surface area (Å²) < 4.78 is 10.3. The summed E-state index contributed by atoms with van der Waals surface area (Å²) in [7, 11) is 1.57. The third kappa shape index (κ3) is 7.69. The lowest BCUT2D eigenvalue weighted by Gasteiger charge is -2.35. The number of carbonyl (C=O) groups excluding carboxylic acids is 3. The molecule has 2 aromatic carbocycles. The minimum absolute atomic E-state index is 0.0938. The number of nitrogens with one attached hydrogen (secondary N) is 2. The highest BCUT2D eigenvalue weighted by Gasteiger charge is 2.35. The van der Waals surface area contributed by atoms with Gasteiger partial charge in [-0.05, 0) is 82.0 Å². The van der Waals surface area contributed by atoms with Crippen LogP contribution in [0.25, 0.3) is 0 Å². The average Bonchev–Trinajstić information content (AvgIpc) is 3.31. The van der Waals surface area contributed by atoms with Gasteiger partial charge in [-0.1, -0.05) is 30.3 Å². The van der Waals surface area contributed by atoms with Gasteiger partial charge in [0.1, 0.15) is 17.6 Å². The maximum Gasteiger partial charge on any atom is 0.248 e. The zero-order chi connectivity index (χ0) is 28.7. The molecule has 9 heteroatoms. The second kappa shape index (κ2) is 12.6. The molecule has 0 fully saturated rings. The molecule has 3 rings (SSSR count). The average molecular weight is 535 g/mol. The van der Waals surface area contributed by atoms with E-state index in [2.05, 4.69) is 15.8 Å². The molecule has 0 spiro atoms. The molecule has 3 aromatic rings. The molecule has 1 atom stereocenters. The Morgan fingerprint density at radius 3 is 2.26 bits per heavy atom. The van der Waals surface area contributed by atoms with Gasteiger partial charge in [0, 0.05) is 30.1 Å². The van der Waals surface area contributed by atoms with E-state index in [1.165, 1.54) is 4.90 Å². The molecule has 0 aliphatic carbocycles. The molecular formula is C30H38N4O5. The van der Waals surface area contributed by atoms with Crippen molar-refractivity contribution >= 4 is 29.2 Å². The molecule has 3 amide bonds. The van der Waals surface area contributed by atoms with Crippen molar-refractivity contribution in [1.82, 2.24) is 10.5 Å². The van der Waals surface area contributed by atoms with Gasteiger partial charge in [0.05, 0.1) is 7.11 Å². The van der Waals surface area contributed by atoms with E-state index < -0.39 is 11.6 Å². The second-order valence-electron chi connectivity index (χ2n) is 10.3. The highest BCUT2D eigenvalue weighted by Crippen LogP contribution is 2.32. The minimum Gasteiger partial charge on any atom is -0.497 e. The standard InChI is InChI=1S/C30H38N4O5/c1-8-30(5,6)32-29(37)28(22-10-13-24(38-7)14-11-22)34(23-12-9-19(2)20(3)17-23)27(36)16-15-26(35)31-25-18-21(4)39-33-25/h9-14,17-18,28H,8,15-16H2,1-7H3,(H,32,37)(H,31,33,35)/t28-/m0/s1. The fraction of sp³-hybridized carbons (Fsp3) is 0.400. The van der Waals surface area contributed by atoms with Crippen LogP contribution in [0.15, 0.2) is 53.1 Å². The largest absolute Gasteiger partial charge is 0.497 e. The van der Waals surface area contributed by atoms with E-state index in [1.807, 2.05) is 52.8 Å². The number of anilines is 2. The molecule has 0 radical (unpaired) electrons. The molecule has 0 aliphatic heterocycles. The molecule has 9 nitrogen and oxygen atoms in total. The summed E-state index contributed by atoms with van der Waals surface area (Å²) >= 11 is 0. The molecule has 39 heavy (non-hydrogen) atoms. The summed E-state index contributed by atoms with van der Waals surface area (Å²) in [4.78, 5) is 41.9. The fourth-order valence-corrected chi connectivity index (χ4v) is 3.98. The first-order valence-electron chi connectivity index (χ1n) is 13.0. The monoisotopic (exact) mass is 534 g/mol. The van der Waals surface area contributed by atoms with E-state index in [9.17, 15) is 14.4 Å². The summed E-state index contributed by atoms with van der Waals surface area (Å²) in [6.45, 7) is 11.5. The highest BCUT2D eigenvalue weighted by atomic mass is 16.5. The van der Waals surface area contributed by atoms with Crippen LogP contribution in [0.4, 0.5) is 11.5 Å². The van der Waals surface area contributed by atoms with Gasteiger partial charge in [0.25, 0.3) is 0 Å². The third-order valence-corrected chi connectivity index (χ3v) is 6.78. The van der Waals surface area contributed by atoms with Gasteiger partial charge in [-0.25, -0.2) is 0 Å². The lowest BCUT2D eigenvalue weighted by molar-refractivity contribution is -0.128. The van der Waals surface area contributed by atoms with Crippen molar-refractivity contribution < 1.29 is 23.6 Å². The number of aromatic nitrogens is 1. The Hall–Kier alpha value is -4.14. The Balaban J connectivity index is 2.00. The Morgan fingerprint density at radius 2 is 1.69 bits per heavy atom. The zero-order valence-corrected chi connectivity index (χ0v) is 23.8. The smallest absolute Gasteiger partial charge is 0.248 e. The van der Waals surface area contributed by atoms with Crippen molar-refractivity contribution in [2.24, 2.45) is 0 Å². The number of rotatable bonds is 11. The number of benzene rings is 2. The van der Waals surface area contributed by atoms with E-state index in [-0.39, 0.29) is 36.4 Å². The van der Waals surface area contributed by atoms with Crippen molar-refractivity contribution in [3.05, 3.63) is 71.0 Å². The van der Waals surface area contributed by atoms with Crippen LogP contribution in [-0.4, -0.2) is 35.5 Å². The highest BCUT2D eigenvalue weighted by molar-refractivity contribution is 6.03. The van der Waals surface area contributed by atoms with Crippen LogP contribution in [0.1, 0.15) is 68.5 Å². The lowest BCUT2D eigenvalue weighted by atomic mass is 9.97. The van der Waals surface area contributed by atoms with Gasteiger partial charge in [0.15, 0.2) is 5.82 Å². The van der Waals surface area contributed by atoms with Gasteiger partial charge in [-0.15, -0.1) is 0 Å². The summed E-state index contributed by atoms with van der Waals surface area (Å²) in [5, 5.41) is 9.51. The van der Waals surface area contributed by atoms with Crippen molar-refractivity contribution in [2.75, 3.05) is 17.3 Å². The van der Waals surface area contributed by atoms with E-state index >= 15 is 0 Å². The van der Waals surface area contributed by atoms with Gasteiger partial charge >= 0.3 is 0 Å². The Bertz CT molecular complexity index is 1310. The number of methoxy groups -OCH3 is 1. The maximum atomic E-state index is 13.9. The van der Waals surface area contributed by atoms with Crippen molar-refractivity contribution in [3.8, 4) is 5.75 Å².